The summed E-state index contributed by atoms with van der Waals surface area (Å²) in [5, 5.41) is 14.1. The SMILES string of the molecule is CC[Si](CC)(CC)O[C@@H]([C@@H](C)[C@@H](O[Si](C)(C)C(C)(C)C)[C@H](C)CO[Si](c1ccccc1)(c1ccccc1)C(C)(C)C)[C@@H](C)[C@@H](O)CC(=O)C(C)C. The lowest BCUT2D eigenvalue weighted by Crippen LogP contribution is -2.67. The fraction of sp³-hybridized carbons (Fsp3) is 0.698. The summed E-state index contributed by atoms with van der Waals surface area (Å²) in [6, 6.07) is 24.7. The number of rotatable bonds is 20. The zero-order valence-corrected chi connectivity index (χ0v) is 38.4. The minimum atomic E-state index is -2.79. The summed E-state index contributed by atoms with van der Waals surface area (Å²) in [5.74, 6) is -0.287. The van der Waals surface area contributed by atoms with E-state index in [1.165, 1.54) is 10.4 Å². The second-order valence-corrected chi connectivity index (χ2v) is 32.0. The van der Waals surface area contributed by atoms with Crippen LogP contribution < -0.4 is 10.4 Å². The van der Waals surface area contributed by atoms with Crippen molar-refractivity contribution < 1.29 is 23.2 Å². The first-order chi connectivity index (χ1) is 23.5. The molecule has 0 spiro atoms. The molecule has 0 radical (unpaired) electrons. The van der Waals surface area contributed by atoms with E-state index in [-0.39, 0.29) is 58.2 Å². The molecule has 2 aromatic rings. The van der Waals surface area contributed by atoms with Crippen LogP contribution in [0.3, 0.4) is 0 Å². The summed E-state index contributed by atoms with van der Waals surface area (Å²) in [6.07, 6.45) is -1.09. The third kappa shape index (κ3) is 11.1. The molecule has 51 heavy (non-hydrogen) atoms. The van der Waals surface area contributed by atoms with Crippen molar-refractivity contribution in [2.75, 3.05) is 6.61 Å². The Morgan fingerprint density at radius 1 is 0.686 bits per heavy atom. The first-order valence-electron chi connectivity index (χ1n) is 19.9. The summed E-state index contributed by atoms with van der Waals surface area (Å²) in [6.45, 7) is 36.3. The van der Waals surface area contributed by atoms with Crippen LogP contribution in [-0.2, 0) is 18.1 Å². The molecule has 0 saturated carbocycles. The largest absolute Gasteiger partial charge is 0.413 e. The Hall–Kier alpha value is -1.40. The van der Waals surface area contributed by atoms with Crippen molar-refractivity contribution in [3.63, 3.8) is 0 Å². The molecule has 0 aliphatic heterocycles. The number of Topliss-reactive ketones (excluding diaryl/α,β-unsaturated/α-hetero) is 1. The van der Waals surface area contributed by atoms with Gasteiger partial charge in [-0.1, -0.05) is 158 Å². The molecule has 0 heterocycles. The van der Waals surface area contributed by atoms with Crippen molar-refractivity contribution in [2.24, 2.45) is 23.7 Å². The van der Waals surface area contributed by atoms with E-state index < -0.39 is 31.1 Å². The molecule has 0 aromatic heterocycles. The predicted octanol–water partition coefficient (Wildman–Crippen LogP) is 10.2. The zero-order valence-electron chi connectivity index (χ0n) is 35.4. The fourth-order valence-corrected chi connectivity index (χ4v) is 16.5. The van der Waals surface area contributed by atoms with E-state index in [0.29, 0.717) is 6.61 Å². The van der Waals surface area contributed by atoms with Gasteiger partial charge in [0.15, 0.2) is 16.6 Å². The van der Waals surface area contributed by atoms with Crippen LogP contribution in [0.25, 0.3) is 0 Å². The standard InChI is InChI=1S/C43H76O5Si3/c1-17-50(18-2,19-3)48-41(34(7)39(45)30-38(44)32(4)5)35(8)40(47-49(15,16)42(9,10)11)33(6)31-46-51(43(12,13)14,36-26-22-20-23-27-36)37-28-24-21-25-29-37/h20-29,32-35,39-41,45H,17-19,30-31H2,1-16H3/t33-,34+,35+,39+,40+,41-/m1/s1. The van der Waals surface area contributed by atoms with Gasteiger partial charge in [0.1, 0.15) is 5.78 Å². The summed E-state index contributed by atoms with van der Waals surface area (Å²) in [7, 11) is -7.17. The molecule has 0 fully saturated rings. The van der Waals surface area contributed by atoms with Crippen LogP contribution in [0.4, 0.5) is 0 Å². The van der Waals surface area contributed by atoms with Gasteiger partial charge in [-0.15, -0.1) is 0 Å². The van der Waals surface area contributed by atoms with Crippen LogP contribution in [0.15, 0.2) is 60.7 Å². The molecule has 290 valence electrons. The molecule has 2 rings (SSSR count). The normalized spacial score (nSPS) is 17.1. The third-order valence-electron chi connectivity index (χ3n) is 12.3. The van der Waals surface area contributed by atoms with Gasteiger partial charge in [-0.2, -0.15) is 0 Å². The monoisotopic (exact) mass is 757 g/mol. The summed E-state index contributed by atoms with van der Waals surface area (Å²) in [4.78, 5) is 12.9. The Morgan fingerprint density at radius 2 is 1.14 bits per heavy atom. The number of benzene rings is 2. The number of carbonyl (C=O) groups is 1. The number of hydrogen-bond donors (Lipinski definition) is 1. The van der Waals surface area contributed by atoms with Crippen LogP contribution in [0.1, 0.15) is 103 Å². The topological polar surface area (TPSA) is 65.0 Å². The van der Waals surface area contributed by atoms with E-state index in [0.717, 1.165) is 18.1 Å². The lowest BCUT2D eigenvalue weighted by atomic mass is 9.81. The molecule has 0 unspecified atom stereocenters. The summed E-state index contributed by atoms with van der Waals surface area (Å²) < 4.78 is 22.4. The van der Waals surface area contributed by atoms with Gasteiger partial charge in [-0.05, 0) is 51.7 Å². The summed E-state index contributed by atoms with van der Waals surface area (Å²) in [5.41, 5.74) is 0. The zero-order chi connectivity index (χ0) is 39.0. The van der Waals surface area contributed by atoms with Gasteiger partial charge < -0.3 is 18.4 Å². The molecule has 0 amide bonds. The molecular weight excluding hydrogens is 681 g/mol. The predicted molar refractivity (Wildman–Crippen MR) is 226 cm³/mol. The first-order valence-corrected chi connectivity index (χ1v) is 27.2. The Labute approximate surface area is 317 Å². The maximum absolute atomic E-state index is 12.9. The van der Waals surface area contributed by atoms with E-state index >= 15 is 0 Å². The van der Waals surface area contributed by atoms with E-state index in [1.54, 1.807) is 0 Å². The van der Waals surface area contributed by atoms with Gasteiger partial charge in [-0.25, -0.2) is 0 Å². The van der Waals surface area contributed by atoms with E-state index in [1.807, 2.05) is 13.8 Å². The van der Waals surface area contributed by atoms with Crippen molar-refractivity contribution in [2.45, 2.75) is 163 Å². The van der Waals surface area contributed by atoms with Crippen molar-refractivity contribution in [1.29, 1.82) is 0 Å². The number of aliphatic hydroxyl groups is 1. The average molecular weight is 757 g/mol. The second kappa shape index (κ2) is 18.8. The van der Waals surface area contributed by atoms with Crippen molar-refractivity contribution in [3.05, 3.63) is 60.7 Å². The first kappa shape index (κ1) is 45.8. The van der Waals surface area contributed by atoms with Crippen LogP contribution in [-0.4, -0.2) is 60.8 Å². The quantitative estimate of drug-likeness (QED) is 0.136. The highest BCUT2D eigenvalue weighted by atomic mass is 28.4. The Balaban J connectivity index is 2.74. The van der Waals surface area contributed by atoms with Crippen LogP contribution >= 0.6 is 0 Å². The minimum absolute atomic E-state index is 0.00345. The fourth-order valence-electron chi connectivity index (χ4n) is 7.39. The Kier molecular flexibility index (Phi) is 16.8. The smallest absolute Gasteiger partial charge is 0.261 e. The van der Waals surface area contributed by atoms with Crippen molar-refractivity contribution in [3.8, 4) is 0 Å². The lowest BCUT2D eigenvalue weighted by Gasteiger charge is -2.48. The Morgan fingerprint density at radius 3 is 1.51 bits per heavy atom. The van der Waals surface area contributed by atoms with Crippen molar-refractivity contribution >= 4 is 41.1 Å². The molecule has 0 aliphatic carbocycles. The molecular formula is C43H76O5Si3. The molecule has 2 aromatic carbocycles. The van der Waals surface area contributed by atoms with Crippen molar-refractivity contribution in [1.82, 2.24) is 0 Å². The lowest BCUT2D eigenvalue weighted by molar-refractivity contribution is -0.125. The van der Waals surface area contributed by atoms with Gasteiger partial charge in [0.2, 0.25) is 0 Å². The number of aliphatic hydroxyl groups excluding tert-OH is 1. The molecule has 5 nitrogen and oxygen atoms in total. The van der Waals surface area contributed by atoms with Gasteiger partial charge in [0, 0.05) is 36.7 Å². The van der Waals surface area contributed by atoms with Crippen LogP contribution in [0.2, 0.25) is 41.3 Å². The molecule has 6 atom stereocenters. The highest BCUT2D eigenvalue weighted by molar-refractivity contribution is 6.99. The van der Waals surface area contributed by atoms with Gasteiger partial charge in [-0.3, -0.25) is 4.79 Å². The number of hydrogen-bond acceptors (Lipinski definition) is 5. The van der Waals surface area contributed by atoms with Gasteiger partial charge in [0.25, 0.3) is 8.32 Å². The highest BCUT2D eigenvalue weighted by Crippen LogP contribution is 2.43. The molecule has 1 N–H and O–H groups in total. The Bertz CT molecular complexity index is 1270. The van der Waals surface area contributed by atoms with Crippen LogP contribution in [0, 0.1) is 23.7 Å². The van der Waals surface area contributed by atoms with Gasteiger partial charge in [0.05, 0.1) is 18.3 Å². The second-order valence-electron chi connectivity index (χ2n) is 18.2. The summed E-state index contributed by atoms with van der Waals surface area (Å²) >= 11 is 0. The molecule has 0 saturated heterocycles. The maximum Gasteiger partial charge on any atom is 0.261 e. The van der Waals surface area contributed by atoms with E-state index in [2.05, 4.69) is 157 Å². The average Bonchev–Trinajstić information content (AvgIpc) is 3.07. The van der Waals surface area contributed by atoms with E-state index in [9.17, 15) is 9.90 Å². The molecule has 0 bridgehead atoms. The number of carbonyl (C=O) groups excluding carboxylic acids is 1. The highest BCUT2D eigenvalue weighted by Gasteiger charge is 2.52. The molecule has 8 heteroatoms. The van der Waals surface area contributed by atoms with Crippen LogP contribution in [0.5, 0.6) is 0 Å². The minimum Gasteiger partial charge on any atom is -0.413 e. The van der Waals surface area contributed by atoms with Gasteiger partial charge >= 0.3 is 0 Å². The number of ketones is 1. The molecule has 0 aliphatic rings. The third-order valence-corrected chi connectivity index (χ3v) is 26.4. The van der Waals surface area contributed by atoms with E-state index in [4.69, 9.17) is 13.3 Å². The maximum atomic E-state index is 12.9.